The molecule has 10 heteroatoms. The molecule has 3 N–H and O–H groups in total. The normalized spacial score (nSPS) is 18.6. The molecule has 3 aromatic carbocycles. The van der Waals surface area contributed by atoms with Crippen molar-refractivity contribution in [3.8, 4) is 17.0 Å². The van der Waals surface area contributed by atoms with Crippen LogP contribution in [0.3, 0.4) is 0 Å². The molecule has 2 saturated carbocycles. The number of carboxylic acids is 1. The number of carboxylic acid groups (broad SMARTS) is 1. The third-order valence-electron chi connectivity index (χ3n) is 11.7. The average molecular weight is 732 g/mol. The Morgan fingerprint density at radius 1 is 0.926 bits per heavy atom. The minimum Gasteiger partial charge on any atom is -0.491 e. The Hall–Kier alpha value is -4.93. The Bertz CT molecular complexity index is 2020. The third kappa shape index (κ3) is 7.95. The van der Waals surface area contributed by atoms with Gasteiger partial charge in [-0.3, -0.25) is 14.5 Å². The van der Waals surface area contributed by atoms with E-state index in [2.05, 4.69) is 70.4 Å². The Morgan fingerprint density at radius 2 is 1.67 bits per heavy atom. The van der Waals surface area contributed by atoms with Gasteiger partial charge in [-0.25, -0.2) is 4.79 Å². The minimum absolute atomic E-state index is 0.108. The van der Waals surface area contributed by atoms with E-state index >= 15 is 0 Å². The monoisotopic (exact) mass is 731 g/mol. The van der Waals surface area contributed by atoms with Gasteiger partial charge in [0.15, 0.2) is 0 Å². The van der Waals surface area contributed by atoms with Gasteiger partial charge in [0, 0.05) is 53.4 Å². The maximum absolute atomic E-state index is 14.3. The van der Waals surface area contributed by atoms with Crippen molar-refractivity contribution in [2.45, 2.75) is 81.8 Å². The van der Waals surface area contributed by atoms with Crippen molar-refractivity contribution in [2.24, 2.45) is 0 Å². The molecule has 54 heavy (non-hydrogen) atoms. The predicted molar refractivity (Wildman–Crippen MR) is 214 cm³/mol. The van der Waals surface area contributed by atoms with Gasteiger partial charge in [0.05, 0.1) is 11.7 Å². The fourth-order valence-corrected chi connectivity index (χ4v) is 8.62. The summed E-state index contributed by atoms with van der Waals surface area (Å²) in [5.41, 5.74) is 5.51. The van der Waals surface area contributed by atoms with Gasteiger partial charge in [-0.05, 0) is 106 Å². The van der Waals surface area contributed by atoms with Crippen LogP contribution in [0.5, 0.6) is 5.75 Å². The van der Waals surface area contributed by atoms with Crippen LogP contribution >= 0.6 is 0 Å². The lowest BCUT2D eigenvalue weighted by Gasteiger charge is -2.33. The number of nitrogens with one attached hydrogen (secondary N) is 2. The maximum Gasteiger partial charge on any atom is 0.328 e. The van der Waals surface area contributed by atoms with Crippen molar-refractivity contribution in [3.05, 3.63) is 89.5 Å². The highest BCUT2D eigenvalue weighted by molar-refractivity contribution is 6.06. The molecular weight excluding hydrogens is 679 g/mol. The van der Waals surface area contributed by atoms with Gasteiger partial charge in [0.1, 0.15) is 17.9 Å². The Kier molecular flexibility index (Phi) is 11.2. The second-order valence-corrected chi connectivity index (χ2v) is 15.7. The van der Waals surface area contributed by atoms with Crippen molar-refractivity contribution in [3.63, 3.8) is 0 Å². The number of hydrogen-bond acceptors (Lipinski definition) is 6. The standard InChI is InChI=1S/C44H53N5O5/c1-47(2)25-26-48(3)34-28-49-37-27-32(18-21-35(37)40(31-11-5-4-6-12-31)41(49)36-13-7-8-14-38(36)54-29-34)42(52)46-44(23-9-10-24-44)43(53)45-33-19-15-30(16-20-33)17-22-39(50)51/h7-8,13-22,27,31,34H,4-6,9-12,23-26,28-29H2,1-3H3,(H,45,53)(H,46,52)(H,50,51)/b22-17+/t34-/m0/s1. The molecule has 7 rings (SSSR count). The van der Waals surface area contributed by atoms with Gasteiger partial charge < -0.3 is 29.9 Å². The Labute approximate surface area is 318 Å². The fraction of sp³-hybridized carbons (Fsp3) is 0.432. The summed E-state index contributed by atoms with van der Waals surface area (Å²) in [6, 6.07) is 21.6. The number of aliphatic carboxylic acids is 1. The Morgan fingerprint density at radius 3 is 2.39 bits per heavy atom. The molecule has 1 aliphatic heterocycles. The van der Waals surface area contributed by atoms with Crippen molar-refractivity contribution < 1.29 is 24.2 Å². The molecular formula is C44H53N5O5. The summed E-state index contributed by atoms with van der Waals surface area (Å²) in [6.45, 7) is 3.11. The van der Waals surface area contributed by atoms with E-state index in [1.807, 2.05) is 18.2 Å². The summed E-state index contributed by atoms with van der Waals surface area (Å²) in [5, 5.41) is 16.4. The second-order valence-electron chi connectivity index (χ2n) is 15.7. The number of nitrogens with zero attached hydrogens (tertiary/aromatic N) is 3. The number of amides is 2. The summed E-state index contributed by atoms with van der Waals surface area (Å²) in [4.78, 5) is 43.7. The number of para-hydroxylation sites is 1. The molecule has 284 valence electrons. The van der Waals surface area contributed by atoms with Crippen LogP contribution in [0.2, 0.25) is 0 Å². The molecule has 0 bridgehead atoms. The summed E-state index contributed by atoms with van der Waals surface area (Å²) < 4.78 is 9.07. The number of hydrogen-bond donors (Lipinski definition) is 3. The number of aromatic nitrogens is 1. The molecule has 3 aliphatic rings. The Balaban J connectivity index is 1.24. The minimum atomic E-state index is -1.04. The second kappa shape index (κ2) is 16.2. The van der Waals surface area contributed by atoms with Gasteiger partial charge in [-0.1, -0.05) is 62.4 Å². The van der Waals surface area contributed by atoms with Crippen LogP contribution in [-0.4, -0.2) is 89.7 Å². The molecule has 0 saturated heterocycles. The lowest BCUT2D eigenvalue weighted by molar-refractivity contribution is -0.131. The van der Waals surface area contributed by atoms with Crippen LogP contribution in [0, 0.1) is 0 Å². The first-order valence-corrected chi connectivity index (χ1v) is 19.5. The molecule has 4 aromatic rings. The van der Waals surface area contributed by atoms with Crippen LogP contribution in [0.4, 0.5) is 5.69 Å². The van der Waals surface area contributed by atoms with Crippen LogP contribution in [0.25, 0.3) is 28.2 Å². The SMILES string of the molecule is CN(C)CCN(C)[C@@H]1COc2ccccc2-c2c(C3CCCCC3)c3ccc(C(=O)NC4(C(=O)Nc5ccc(/C=C/C(=O)O)cc5)CCCC4)cc3n2C1. The molecule has 2 heterocycles. The highest BCUT2D eigenvalue weighted by atomic mass is 16.5. The van der Waals surface area contributed by atoms with E-state index in [1.54, 1.807) is 24.3 Å². The first kappa shape index (κ1) is 37.4. The number of carbonyl (C=O) groups excluding carboxylic acids is 2. The number of benzene rings is 3. The lowest BCUT2D eigenvalue weighted by atomic mass is 9.81. The highest BCUT2D eigenvalue weighted by Gasteiger charge is 2.43. The summed E-state index contributed by atoms with van der Waals surface area (Å²) in [6.07, 6.45) is 11.3. The van der Waals surface area contributed by atoms with Crippen molar-refractivity contribution in [2.75, 3.05) is 46.2 Å². The van der Waals surface area contributed by atoms with Gasteiger partial charge in [-0.2, -0.15) is 0 Å². The van der Waals surface area contributed by atoms with E-state index in [-0.39, 0.29) is 17.9 Å². The molecule has 0 unspecified atom stereocenters. The molecule has 1 atom stereocenters. The third-order valence-corrected chi connectivity index (χ3v) is 11.7. The fourth-order valence-electron chi connectivity index (χ4n) is 8.62. The van der Waals surface area contributed by atoms with E-state index in [1.165, 1.54) is 42.0 Å². The van der Waals surface area contributed by atoms with Crippen LogP contribution in [0.1, 0.15) is 85.2 Å². The average Bonchev–Trinajstić information content (AvgIpc) is 3.77. The van der Waals surface area contributed by atoms with Crippen molar-refractivity contribution in [1.82, 2.24) is 19.7 Å². The molecule has 2 amide bonds. The number of ether oxygens (including phenoxy) is 1. The molecule has 2 aliphatic carbocycles. The number of fused-ring (bicyclic) bond motifs is 5. The van der Waals surface area contributed by atoms with E-state index in [9.17, 15) is 14.4 Å². The van der Waals surface area contributed by atoms with E-state index in [0.29, 0.717) is 42.2 Å². The van der Waals surface area contributed by atoms with E-state index in [0.717, 1.165) is 68.2 Å². The number of rotatable bonds is 11. The zero-order valence-electron chi connectivity index (χ0n) is 31.8. The summed E-state index contributed by atoms with van der Waals surface area (Å²) in [5.74, 6) is -0.210. The molecule has 0 radical (unpaired) electrons. The molecule has 10 nitrogen and oxygen atoms in total. The first-order valence-electron chi connectivity index (χ1n) is 19.5. The molecule has 0 spiro atoms. The zero-order chi connectivity index (χ0) is 37.8. The molecule has 2 fully saturated rings. The van der Waals surface area contributed by atoms with E-state index in [4.69, 9.17) is 9.84 Å². The summed E-state index contributed by atoms with van der Waals surface area (Å²) in [7, 11) is 6.37. The number of carbonyl (C=O) groups is 3. The lowest BCUT2D eigenvalue weighted by Crippen LogP contribution is -2.55. The molecule has 1 aromatic heterocycles. The maximum atomic E-state index is 14.3. The topological polar surface area (TPSA) is 116 Å². The zero-order valence-corrected chi connectivity index (χ0v) is 31.8. The number of anilines is 1. The van der Waals surface area contributed by atoms with Gasteiger partial charge in [0.25, 0.3) is 5.91 Å². The van der Waals surface area contributed by atoms with Crippen LogP contribution in [-0.2, 0) is 16.1 Å². The van der Waals surface area contributed by atoms with Crippen molar-refractivity contribution >= 4 is 40.4 Å². The summed E-state index contributed by atoms with van der Waals surface area (Å²) >= 11 is 0. The van der Waals surface area contributed by atoms with Gasteiger partial charge in [-0.15, -0.1) is 0 Å². The smallest absolute Gasteiger partial charge is 0.328 e. The predicted octanol–water partition coefficient (Wildman–Crippen LogP) is 7.39. The van der Waals surface area contributed by atoms with E-state index < -0.39 is 11.5 Å². The first-order chi connectivity index (χ1) is 26.1. The van der Waals surface area contributed by atoms with Crippen LogP contribution in [0.15, 0.2) is 72.8 Å². The van der Waals surface area contributed by atoms with Crippen LogP contribution < -0.4 is 15.4 Å². The highest BCUT2D eigenvalue weighted by Crippen LogP contribution is 2.47. The van der Waals surface area contributed by atoms with Crippen molar-refractivity contribution in [1.29, 1.82) is 0 Å². The quantitative estimate of drug-likeness (QED) is 0.138. The largest absolute Gasteiger partial charge is 0.491 e. The van der Waals surface area contributed by atoms with Gasteiger partial charge in [0.2, 0.25) is 5.91 Å². The number of likely N-dealkylation sites (N-methyl/N-ethyl adjacent to an activating group) is 2. The van der Waals surface area contributed by atoms with Gasteiger partial charge >= 0.3 is 5.97 Å².